The summed E-state index contributed by atoms with van der Waals surface area (Å²) in [6, 6.07) is 10.1. The van der Waals surface area contributed by atoms with E-state index >= 15 is 0 Å². The normalized spacial score (nSPS) is 18.3. The fourth-order valence-corrected chi connectivity index (χ4v) is 5.95. The molecule has 41 heavy (non-hydrogen) atoms. The van der Waals surface area contributed by atoms with Gasteiger partial charge in [-0.2, -0.15) is 18.2 Å². The first-order valence-corrected chi connectivity index (χ1v) is 14.2. The van der Waals surface area contributed by atoms with Crippen LogP contribution in [0.15, 0.2) is 42.6 Å². The van der Waals surface area contributed by atoms with Crippen molar-refractivity contribution >= 4 is 29.2 Å². The van der Waals surface area contributed by atoms with E-state index < -0.39 is 17.2 Å². The summed E-state index contributed by atoms with van der Waals surface area (Å²) in [5, 5.41) is 3.46. The molecule has 0 unspecified atom stereocenters. The van der Waals surface area contributed by atoms with Gasteiger partial charge in [-0.1, -0.05) is 12.1 Å². The molecule has 3 aliphatic rings. The standard InChI is InChI=1S/C30H33F3N6O2/c1-41-27(40)29(13-14-29)20-7-9-21(10-8-20)35-25-22-11-18-38(26-23(30(31,32)33)6-5-15-34-26)19-12-24(22)36-28(37-25)39-16-3-2-4-17-39/h5-10,15H,2-4,11-14,16-19H2,1H3,(H,35,36,37). The minimum Gasteiger partial charge on any atom is -0.468 e. The number of piperidine rings is 1. The Bertz CT molecular complexity index is 1420. The molecule has 1 saturated heterocycles. The topological polar surface area (TPSA) is 83.5 Å². The van der Waals surface area contributed by atoms with E-state index in [-0.39, 0.29) is 11.8 Å². The molecule has 0 atom stereocenters. The number of fused-ring (bicyclic) bond motifs is 1. The monoisotopic (exact) mass is 566 g/mol. The average Bonchev–Trinajstić information content (AvgIpc) is 3.82. The van der Waals surface area contributed by atoms with Crippen molar-refractivity contribution in [3.8, 4) is 0 Å². The van der Waals surface area contributed by atoms with Gasteiger partial charge in [0, 0.05) is 50.0 Å². The van der Waals surface area contributed by atoms with Crippen molar-refractivity contribution in [2.45, 2.75) is 56.5 Å². The molecule has 0 spiro atoms. The Balaban J connectivity index is 1.31. The number of anilines is 4. The van der Waals surface area contributed by atoms with E-state index in [1.807, 2.05) is 24.3 Å². The summed E-state index contributed by atoms with van der Waals surface area (Å²) in [5.41, 5.74) is 2.20. The zero-order chi connectivity index (χ0) is 28.6. The molecular weight excluding hydrogens is 533 g/mol. The van der Waals surface area contributed by atoms with Crippen LogP contribution >= 0.6 is 0 Å². The smallest absolute Gasteiger partial charge is 0.419 e. The zero-order valence-corrected chi connectivity index (χ0v) is 23.0. The summed E-state index contributed by atoms with van der Waals surface area (Å²) < 4.78 is 46.3. The summed E-state index contributed by atoms with van der Waals surface area (Å²) in [7, 11) is 1.41. The first-order valence-electron chi connectivity index (χ1n) is 14.2. The fraction of sp³-hybridized carbons (Fsp3) is 0.467. The minimum atomic E-state index is -4.49. The van der Waals surface area contributed by atoms with Gasteiger partial charge in [0.1, 0.15) is 11.6 Å². The maximum atomic E-state index is 13.8. The molecular formula is C30H33F3N6O2. The van der Waals surface area contributed by atoms with Gasteiger partial charge in [0.15, 0.2) is 0 Å². The molecule has 6 rings (SSSR count). The number of carbonyl (C=O) groups excluding carboxylic acids is 1. The van der Waals surface area contributed by atoms with Crippen molar-refractivity contribution in [2.24, 2.45) is 0 Å². The molecule has 1 aromatic carbocycles. The lowest BCUT2D eigenvalue weighted by Crippen LogP contribution is -2.31. The summed E-state index contributed by atoms with van der Waals surface area (Å²) in [6.07, 6.45) is 2.71. The van der Waals surface area contributed by atoms with Gasteiger partial charge in [-0.3, -0.25) is 4.79 Å². The highest BCUT2D eigenvalue weighted by molar-refractivity contribution is 5.86. The predicted octanol–water partition coefficient (Wildman–Crippen LogP) is 5.43. The highest BCUT2D eigenvalue weighted by atomic mass is 19.4. The molecule has 11 heteroatoms. The third kappa shape index (κ3) is 5.41. The molecule has 0 amide bonds. The van der Waals surface area contributed by atoms with Gasteiger partial charge in [0.25, 0.3) is 0 Å². The van der Waals surface area contributed by atoms with Crippen LogP contribution < -0.4 is 15.1 Å². The second-order valence-electron chi connectivity index (χ2n) is 11.0. The highest BCUT2D eigenvalue weighted by Gasteiger charge is 2.52. The van der Waals surface area contributed by atoms with Gasteiger partial charge in [0.05, 0.1) is 23.8 Å². The number of methoxy groups -OCH3 is 1. The molecule has 0 radical (unpaired) electrons. The van der Waals surface area contributed by atoms with E-state index in [2.05, 4.69) is 15.2 Å². The highest BCUT2D eigenvalue weighted by Crippen LogP contribution is 2.49. The van der Waals surface area contributed by atoms with Crippen molar-refractivity contribution in [1.82, 2.24) is 15.0 Å². The first-order chi connectivity index (χ1) is 19.8. The Morgan fingerprint density at radius 2 is 1.68 bits per heavy atom. The third-order valence-electron chi connectivity index (χ3n) is 8.39. The average molecular weight is 567 g/mol. The fourth-order valence-electron chi connectivity index (χ4n) is 5.95. The van der Waals surface area contributed by atoms with Crippen LogP contribution in [0.4, 0.5) is 36.4 Å². The molecule has 2 aliphatic heterocycles. The maximum absolute atomic E-state index is 13.8. The Hall–Kier alpha value is -3.89. The molecule has 216 valence electrons. The largest absolute Gasteiger partial charge is 0.468 e. The minimum absolute atomic E-state index is 0.0540. The first kappa shape index (κ1) is 27.3. The zero-order valence-electron chi connectivity index (χ0n) is 23.0. The Kier molecular flexibility index (Phi) is 7.21. The maximum Gasteiger partial charge on any atom is 0.419 e. The summed E-state index contributed by atoms with van der Waals surface area (Å²) in [6.45, 7) is 2.47. The van der Waals surface area contributed by atoms with Crippen LogP contribution in [0.2, 0.25) is 0 Å². The number of halogens is 3. The molecule has 0 bridgehead atoms. The number of rotatable bonds is 6. The second kappa shape index (κ2) is 10.8. The number of ether oxygens (including phenoxy) is 1. The quantitative estimate of drug-likeness (QED) is 0.396. The number of alkyl halides is 3. The van der Waals surface area contributed by atoms with Crippen LogP contribution in [0.1, 0.15) is 54.5 Å². The van der Waals surface area contributed by atoms with Gasteiger partial charge in [-0.05, 0) is 68.4 Å². The van der Waals surface area contributed by atoms with Gasteiger partial charge >= 0.3 is 12.1 Å². The van der Waals surface area contributed by atoms with Crippen LogP contribution in [0.3, 0.4) is 0 Å². The van der Waals surface area contributed by atoms with Crippen LogP contribution in [0.25, 0.3) is 0 Å². The van der Waals surface area contributed by atoms with Crippen molar-refractivity contribution in [3.05, 3.63) is 65.0 Å². The van der Waals surface area contributed by atoms with E-state index in [0.717, 1.165) is 67.3 Å². The van der Waals surface area contributed by atoms with Gasteiger partial charge in [-0.15, -0.1) is 0 Å². The molecule has 2 fully saturated rings. The van der Waals surface area contributed by atoms with Crippen LogP contribution in [0.5, 0.6) is 0 Å². The number of pyridine rings is 1. The number of nitrogens with one attached hydrogen (secondary N) is 1. The van der Waals surface area contributed by atoms with Crippen molar-refractivity contribution in [2.75, 3.05) is 48.4 Å². The summed E-state index contributed by atoms with van der Waals surface area (Å²) in [5.74, 6) is 1.04. The number of hydrogen-bond acceptors (Lipinski definition) is 8. The van der Waals surface area contributed by atoms with Crippen LogP contribution in [0, 0.1) is 0 Å². The van der Waals surface area contributed by atoms with Crippen molar-refractivity contribution < 1.29 is 22.7 Å². The number of benzene rings is 1. The Morgan fingerprint density at radius 3 is 2.37 bits per heavy atom. The summed E-state index contributed by atoms with van der Waals surface area (Å²) >= 11 is 0. The lowest BCUT2D eigenvalue weighted by Gasteiger charge is -2.28. The third-order valence-corrected chi connectivity index (χ3v) is 8.39. The van der Waals surface area contributed by atoms with Gasteiger partial charge < -0.3 is 19.9 Å². The number of hydrogen-bond donors (Lipinski definition) is 1. The molecule has 1 aliphatic carbocycles. The van der Waals surface area contributed by atoms with E-state index in [4.69, 9.17) is 14.7 Å². The van der Waals surface area contributed by atoms with E-state index in [1.165, 1.54) is 25.8 Å². The van der Waals surface area contributed by atoms with E-state index in [9.17, 15) is 18.0 Å². The van der Waals surface area contributed by atoms with Crippen LogP contribution in [-0.2, 0) is 34.0 Å². The molecule has 8 nitrogen and oxygen atoms in total. The molecule has 1 N–H and O–H groups in total. The molecule has 2 aromatic heterocycles. The van der Waals surface area contributed by atoms with Gasteiger partial charge in [0.2, 0.25) is 5.95 Å². The molecule has 3 aromatic rings. The number of carbonyl (C=O) groups is 1. The van der Waals surface area contributed by atoms with Gasteiger partial charge in [-0.25, -0.2) is 9.97 Å². The number of nitrogens with zero attached hydrogens (tertiary/aromatic N) is 5. The molecule has 4 heterocycles. The molecule has 1 saturated carbocycles. The number of esters is 1. The second-order valence-corrected chi connectivity index (χ2v) is 11.0. The Morgan fingerprint density at radius 1 is 0.951 bits per heavy atom. The Labute approximate surface area is 237 Å². The van der Waals surface area contributed by atoms with E-state index in [1.54, 1.807) is 4.90 Å². The van der Waals surface area contributed by atoms with Crippen molar-refractivity contribution in [3.63, 3.8) is 0 Å². The van der Waals surface area contributed by atoms with Crippen molar-refractivity contribution in [1.29, 1.82) is 0 Å². The SMILES string of the molecule is COC(=O)C1(c2ccc(Nc3nc(N4CCCCC4)nc4c3CCN(c3ncccc3C(F)(F)F)CC4)cc2)CC1. The lowest BCUT2D eigenvalue weighted by atomic mass is 9.96. The lowest BCUT2D eigenvalue weighted by molar-refractivity contribution is -0.143. The van der Waals surface area contributed by atoms with Crippen LogP contribution in [-0.4, -0.2) is 54.2 Å². The predicted molar refractivity (Wildman–Crippen MR) is 150 cm³/mol. The summed E-state index contributed by atoms with van der Waals surface area (Å²) in [4.78, 5) is 30.2. The number of aromatic nitrogens is 3. The van der Waals surface area contributed by atoms with E-state index in [0.29, 0.717) is 37.7 Å².